The molecule has 0 spiro atoms. The molecule has 2 aromatic rings. The summed E-state index contributed by atoms with van der Waals surface area (Å²) in [6, 6.07) is 17.7. The van der Waals surface area contributed by atoms with Crippen molar-refractivity contribution in [2.45, 2.75) is 12.1 Å². The summed E-state index contributed by atoms with van der Waals surface area (Å²) < 4.78 is 0. The molecule has 2 atom stereocenters. The fourth-order valence-electron chi connectivity index (χ4n) is 3.05. The van der Waals surface area contributed by atoms with Crippen molar-refractivity contribution in [3.63, 3.8) is 0 Å². The van der Waals surface area contributed by atoms with Gasteiger partial charge in [-0.15, -0.1) is 0 Å². The molecule has 4 heteroatoms. The molecular formula is C18H21ClN2O. The number of hydrogen-bond acceptors (Lipinski definition) is 3. The van der Waals surface area contributed by atoms with Crippen LogP contribution in [0.25, 0.3) is 0 Å². The minimum Gasteiger partial charge on any atom is -0.386 e. The maximum Gasteiger partial charge on any atom is 0.0986 e. The first-order chi connectivity index (χ1) is 10.8. The van der Waals surface area contributed by atoms with Crippen molar-refractivity contribution in [3.05, 3.63) is 70.7 Å². The van der Waals surface area contributed by atoms with E-state index in [0.717, 1.165) is 37.3 Å². The van der Waals surface area contributed by atoms with Gasteiger partial charge in [0.25, 0.3) is 0 Å². The van der Waals surface area contributed by atoms with Gasteiger partial charge in [-0.05, 0) is 23.3 Å². The van der Waals surface area contributed by atoms with Crippen LogP contribution in [0, 0.1) is 0 Å². The molecule has 0 amide bonds. The number of hydrogen-bond donors (Lipinski definition) is 2. The van der Waals surface area contributed by atoms with Gasteiger partial charge in [-0.25, -0.2) is 0 Å². The van der Waals surface area contributed by atoms with Gasteiger partial charge >= 0.3 is 0 Å². The lowest BCUT2D eigenvalue weighted by Gasteiger charge is -2.38. The van der Waals surface area contributed by atoms with Crippen LogP contribution in [-0.2, 0) is 0 Å². The van der Waals surface area contributed by atoms with Crippen molar-refractivity contribution in [2.75, 3.05) is 26.2 Å². The summed E-state index contributed by atoms with van der Waals surface area (Å²) in [5, 5.41) is 15.0. The quantitative estimate of drug-likeness (QED) is 0.910. The Labute approximate surface area is 136 Å². The molecule has 0 radical (unpaired) electrons. The Morgan fingerprint density at radius 2 is 1.55 bits per heavy atom. The Bertz CT molecular complexity index is 582. The fourth-order valence-corrected chi connectivity index (χ4v) is 3.17. The topological polar surface area (TPSA) is 35.5 Å². The standard InChI is InChI=1S/C18H21ClN2O/c19-16-8-6-15(7-9-16)18(22)17(14-4-2-1-3-5-14)21-12-10-20-11-13-21/h1-9,17-18,20,22H,10-13H2. The van der Waals surface area contributed by atoms with Crippen LogP contribution in [-0.4, -0.2) is 36.2 Å². The Balaban J connectivity index is 1.91. The number of piperazine rings is 1. The van der Waals surface area contributed by atoms with Crippen LogP contribution >= 0.6 is 11.6 Å². The Kier molecular flexibility index (Phi) is 5.11. The lowest BCUT2D eigenvalue weighted by atomic mass is 9.94. The van der Waals surface area contributed by atoms with Crippen LogP contribution in [0.1, 0.15) is 23.3 Å². The minimum atomic E-state index is -0.572. The summed E-state index contributed by atoms with van der Waals surface area (Å²) >= 11 is 5.96. The van der Waals surface area contributed by atoms with Crippen molar-refractivity contribution in [2.24, 2.45) is 0 Å². The second-order valence-corrected chi connectivity index (χ2v) is 6.07. The maximum atomic E-state index is 11.0. The van der Waals surface area contributed by atoms with Crippen molar-refractivity contribution in [1.82, 2.24) is 10.2 Å². The summed E-state index contributed by atoms with van der Waals surface area (Å²) in [4.78, 5) is 2.35. The summed E-state index contributed by atoms with van der Waals surface area (Å²) in [5.41, 5.74) is 2.05. The summed E-state index contributed by atoms with van der Waals surface area (Å²) in [6.07, 6.45) is -0.572. The summed E-state index contributed by atoms with van der Waals surface area (Å²) in [6.45, 7) is 3.78. The third-order valence-electron chi connectivity index (χ3n) is 4.20. The molecule has 1 aliphatic heterocycles. The lowest BCUT2D eigenvalue weighted by Crippen LogP contribution is -2.46. The number of benzene rings is 2. The summed E-state index contributed by atoms with van der Waals surface area (Å²) in [5.74, 6) is 0. The number of aliphatic hydroxyl groups excluding tert-OH is 1. The molecule has 0 aromatic heterocycles. The molecule has 1 aliphatic rings. The normalized spacial score (nSPS) is 18.8. The predicted molar refractivity (Wildman–Crippen MR) is 90.0 cm³/mol. The number of rotatable bonds is 4. The molecule has 3 nitrogen and oxygen atoms in total. The zero-order valence-corrected chi connectivity index (χ0v) is 13.2. The van der Waals surface area contributed by atoms with Crippen LogP contribution in [0.3, 0.4) is 0 Å². The van der Waals surface area contributed by atoms with Gasteiger partial charge in [0.1, 0.15) is 0 Å². The van der Waals surface area contributed by atoms with Crippen LogP contribution in [0.5, 0.6) is 0 Å². The monoisotopic (exact) mass is 316 g/mol. The summed E-state index contributed by atoms with van der Waals surface area (Å²) in [7, 11) is 0. The maximum absolute atomic E-state index is 11.0. The van der Waals surface area contributed by atoms with E-state index in [1.165, 1.54) is 0 Å². The van der Waals surface area contributed by atoms with Gasteiger partial charge < -0.3 is 10.4 Å². The molecule has 2 aromatic carbocycles. The van der Waals surface area contributed by atoms with Gasteiger partial charge in [-0.2, -0.15) is 0 Å². The van der Waals surface area contributed by atoms with Crippen LogP contribution in [0.4, 0.5) is 0 Å². The van der Waals surface area contributed by atoms with Gasteiger partial charge in [0.2, 0.25) is 0 Å². The first-order valence-corrected chi connectivity index (χ1v) is 8.07. The molecule has 0 bridgehead atoms. The zero-order valence-electron chi connectivity index (χ0n) is 12.5. The van der Waals surface area contributed by atoms with E-state index in [1.54, 1.807) is 0 Å². The first kappa shape index (κ1) is 15.5. The van der Waals surface area contributed by atoms with E-state index in [1.807, 2.05) is 42.5 Å². The van der Waals surface area contributed by atoms with E-state index in [-0.39, 0.29) is 6.04 Å². The van der Waals surface area contributed by atoms with Gasteiger partial charge in [-0.3, -0.25) is 4.90 Å². The Hall–Kier alpha value is -1.39. The van der Waals surface area contributed by atoms with Crippen molar-refractivity contribution in [1.29, 1.82) is 0 Å². The molecule has 0 saturated carbocycles. The third-order valence-corrected chi connectivity index (χ3v) is 4.45. The molecule has 1 saturated heterocycles. The first-order valence-electron chi connectivity index (χ1n) is 7.69. The van der Waals surface area contributed by atoms with Gasteiger partial charge in [0.15, 0.2) is 0 Å². The van der Waals surface area contributed by atoms with Crippen molar-refractivity contribution in [3.8, 4) is 0 Å². The van der Waals surface area contributed by atoms with Crippen LogP contribution < -0.4 is 5.32 Å². The highest BCUT2D eigenvalue weighted by atomic mass is 35.5. The highest BCUT2D eigenvalue weighted by molar-refractivity contribution is 6.30. The van der Waals surface area contributed by atoms with E-state index in [0.29, 0.717) is 5.02 Å². The molecule has 1 heterocycles. The number of nitrogens with zero attached hydrogens (tertiary/aromatic N) is 1. The fraction of sp³-hybridized carbons (Fsp3) is 0.333. The molecule has 22 heavy (non-hydrogen) atoms. The second kappa shape index (κ2) is 7.25. The molecule has 1 fully saturated rings. The zero-order chi connectivity index (χ0) is 15.4. The molecule has 3 rings (SSSR count). The highest BCUT2D eigenvalue weighted by Crippen LogP contribution is 2.34. The van der Waals surface area contributed by atoms with E-state index in [9.17, 15) is 5.11 Å². The number of halogens is 1. The Morgan fingerprint density at radius 3 is 2.18 bits per heavy atom. The van der Waals surface area contributed by atoms with Crippen LogP contribution in [0.2, 0.25) is 5.02 Å². The molecule has 116 valence electrons. The number of aliphatic hydroxyl groups is 1. The SMILES string of the molecule is OC(c1ccc(Cl)cc1)C(c1ccccc1)N1CCNCC1. The molecule has 2 unspecified atom stereocenters. The molecule has 0 aliphatic carbocycles. The van der Waals surface area contributed by atoms with Gasteiger partial charge in [0.05, 0.1) is 12.1 Å². The Morgan fingerprint density at radius 1 is 0.909 bits per heavy atom. The van der Waals surface area contributed by atoms with E-state index < -0.39 is 6.10 Å². The predicted octanol–water partition coefficient (Wildman–Crippen LogP) is 3.02. The molecular weight excluding hydrogens is 296 g/mol. The van der Waals surface area contributed by atoms with E-state index >= 15 is 0 Å². The highest BCUT2D eigenvalue weighted by Gasteiger charge is 2.29. The smallest absolute Gasteiger partial charge is 0.0986 e. The average Bonchev–Trinajstić information content (AvgIpc) is 2.57. The average molecular weight is 317 g/mol. The van der Waals surface area contributed by atoms with Crippen molar-refractivity contribution < 1.29 is 5.11 Å². The van der Waals surface area contributed by atoms with Crippen molar-refractivity contribution >= 4 is 11.6 Å². The third kappa shape index (κ3) is 3.50. The number of nitrogens with one attached hydrogen (secondary N) is 1. The molecule has 2 N–H and O–H groups in total. The second-order valence-electron chi connectivity index (χ2n) is 5.64. The van der Waals surface area contributed by atoms with Gasteiger partial charge in [0, 0.05) is 31.2 Å². The van der Waals surface area contributed by atoms with Gasteiger partial charge in [-0.1, -0.05) is 54.1 Å². The van der Waals surface area contributed by atoms with Crippen LogP contribution in [0.15, 0.2) is 54.6 Å². The van der Waals surface area contributed by atoms with E-state index in [2.05, 4.69) is 22.3 Å². The largest absolute Gasteiger partial charge is 0.386 e. The lowest BCUT2D eigenvalue weighted by molar-refractivity contribution is 0.0401. The minimum absolute atomic E-state index is 0.0375. The van der Waals surface area contributed by atoms with E-state index in [4.69, 9.17) is 11.6 Å².